The van der Waals surface area contributed by atoms with E-state index in [-0.39, 0.29) is 18.9 Å². The Kier molecular flexibility index (Phi) is 5.17. The summed E-state index contributed by atoms with van der Waals surface area (Å²) in [5.74, 6) is 0.505. The van der Waals surface area contributed by atoms with Gasteiger partial charge in [0, 0.05) is 5.56 Å². The molecule has 7 heteroatoms. The zero-order valence-electron chi connectivity index (χ0n) is 14.5. The maximum absolute atomic E-state index is 12.0. The standard InChI is InChI=1S/C19H19N3O4/c1-12-4-3-5-14(8-12)11-25-19(24)21-10-16-13(2)22-26-18(16)17-7-6-15(23)9-20-17/h3-9,23H,10-11H2,1-2H3,(H,21,24). The fourth-order valence-electron chi connectivity index (χ4n) is 2.48. The van der Waals surface area contributed by atoms with Gasteiger partial charge in [-0.25, -0.2) is 9.78 Å². The van der Waals surface area contributed by atoms with Crippen molar-refractivity contribution in [3.05, 3.63) is 65.0 Å². The number of aromatic hydroxyl groups is 1. The summed E-state index contributed by atoms with van der Waals surface area (Å²) in [5.41, 5.74) is 3.91. The molecule has 2 aromatic heterocycles. The SMILES string of the molecule is Cc1cccc(COC(=O)NCc2c(C)noc2-c2ccc(O)cn2)c1. The van der Waals surface area contributed by atoms with Crippen molar-refractivity contribution in [1.29, 1.82) is 0 Å². The van der Waals surface area contributed by atoms with Crippen LogP contribution in [0.3, 0.4) is 0 Å². The quantitative estimate of drug-likeness (QED) is 0.729. The number of aryl methyl sites for hydroxylation is 2. The highest BCUT2D eigenvalue weighted by atomic mass is 16.5. The van der Waals surface area contributed by atoms with Crippen molar-refractivity contribution in [3.63, 3.8) is 0 Å². The molecule has 26 heavy (non-hydrogen) atoms. The zero-order chi connectivity index (χ0) is 18.5. The van der Waals surface area contributed by atoms with E-state index in [4.69, 9.17) is 9.26 Å². The summed E-state index contributed by atoms with van der Waals surface area (Å²) in [6, 6.07) is 10.9. The van der Waals surface area contributed by atoms with Crippen LogP contribution in [-0.2, 0) is 17.9 Å². The van der Waals surface area contributed by atoms with Crippen molar-refractivity contribution in [2.24, 2.45) is 0 Å². The Hall–Kier alpha value is -3.35. The Balaban J connectivity index is 1.61. The lowest BCUT2D eigenvalue weighted by Gasteiger charge is -2.08. The van der Waals surface area contributed by atoms with Gasteiger partial charge in [-0.15, -0.1) is 0 Å². The maximum atomic E-state index is 12.0. The van der Waals surface area contributed by atoms with Crippen molar-refractivity contribution in [2.45, 2.75) is 27.0 Å². The van der Waals surface area contributed by atoms with E-state index in [2.05, 4.69) is 15.5 Å². The molecule has 1 aromatic carbocycles. The molecular weight excluding hydrogens is 334 g/mol. The number of nitrogens with zero attached hydrogens (tertiary/aromatic N) is 2. The van der Waals surface area contributed by atoms with Gasteiger partial charge in [-0.2, -0.15) is 0 Å². The molecule has 0 aliphatic carbocycles. The Morgan fingerprint density at radius 1 is 1.27 bits per heavy atom. The molecule has 1 amide bonds. The highest BCUT2D eigenvalue weighted by Crippen LogP contribution is 2.25. The van der Waals surface area contributed by atoms with Crippen LogP contribution >= 0.6 is 0 Å². The predicted octanol–water partition coefficient (Wildman–Crippen LogP) is 3.49. The third-order valence-electron chi connectivity index (χ3n) is 3.83. The first-order chi connectivity index (χ1) is 12.5. The molecule has 3 aromatic rings. The molecule has 0 spiro atoms. The molecule has 0 bridgehead atoms. The fourth-order valence-corrected chi connectivity index (χ4v) is 2.48. The number of nitrogens with one attached hydrogen (secondary N) is 1. The molecule has 0 aliphatic heterocycles. The van der Waals surface area contributed by atoms with Gasteiger partial charge in [-0.05, 0) is 31.5 Å². The first-order valence-electron chi connectivity index (χ1n) is 8.09. The summed E-state index contributed by atoms with van der Waals surface area (Å²) in [6.45, 7) is 4.15. The van der Waals surface area contributed by atoms with Crippen LogP contribution in [0.5, 0.6) is 5.75 Å². The van der Waals surface area contributed by atoms with Crippen molar-refractivity contribution < 1.29 is 19.2 Å². The Bertz CT molecular complexity index is 903. The smallest absolute Gasteiger partial charge is 0.407 e. The third-order valence-corrected chi connectivity index (χ3v) is 3.83. The molecule has 0 atom stereocenters. The van der Waals surface area contributed by atoms with Crippen LogP contribution in [0.2, 0.25) is 0 Å². The monoisotopic (exact) mass is 353 g/mol. The summed E-state index contributed by atoms with van der Waals surface area (Å²) >= 11 is 0. The van der Waals surface area contributed by atoms with Crippen molar-refractivity contribution in [3.8, 4) is 17.2 Å². The summed E-state index contributed by atoms with van der Waals surface area (Å²) < 4.78 is 10.5. The first-order valence-corrected chi connectivity index (χ1v) is 8.09. The number of aromatic nitrogens is 2. The number of carbonyl (C=O) groups excluding carboxylic acids is 1. The van der Waals surface area contributed by atoms with E-state index < -0.39 is 6.09 Å². The van der Waals surface area contributed by atoms with Crippen LogP contribution in [-0.4, -0.2) is 21.3 Å². The van der Waals surface area contributed by atoms with Gasteiger partial charge in [0.25, 0.3) is 0 Å². The number of alkyl carbamates (subject to hydrolysis) is 1. The molecule has 0 radical (unpaired) electrons. The van der Waals surface area contributed by atoms with Gasteiger partial charge in [0.2, 0.25) is 0 Å². The molecule has 7 nitrogen and oxygen atoms in total. The lowest BCUT2D eigenvalue weighted by molar-refractivity contribution is 0.139. The number of hydrogen-bond acceptors (Lipinski definition) is 6. The molecule has 0 fully saturated rings. The predicted molar refractivity (Wildman–Crippen MR) is 94.3 cm³/mol. The van der Waals surface area contributed by atoms with Gasteiger partial charge in [-0.1, -0.05) is 35.0 Å². The normalized spacial score (nSPS) is 10.5. The first kappa shape index (κ1) is 17.5. The minimum absolute atomic E-state index is 0.0596. The number of rotatable bonds is 5. The molecule has 0 saturated heterocycles. The van der Waals surface area contributed by atoms with E-state index in [9.17, 15) is 9.90 Å². The van der Waals surface area contributed by atoms with Crippen LogP contribution in [0, 0.1) is 13.8 Å². The molecular formula is C19H19N3O4. The summed E-state index contributed by atoms with van der Waals surface area (Å²) in [7, 11) is 0. The van der Waals surface area contributed by atoms with Gasteiger partial charge < -0.3 is 19.7 Å². The Labute approximate surface area is 150 Å². The van der Waals surface area contributed by atoms with Gasteiger partial charge >= 0.3 is 6.09 Å². The fraction of sp³-hybridized carbons (Fsp3) is 0.211. The van der Waals surface area contributed by atoms with E-state index in [0.29, 0.717) is 22.7 Å². The van der Waals surface area contributed by atoms with Gasteiger partial charge in [0.1, 0.15) is 18.1 Å². The average molecular weight is 353 g/mol. The topological polar surface area (TPSA) is 97.5 Å². The molecule has 0 unspecified atom stereocenters. The molecule has 3 rings (SSSR count). The summed E-state index contributed by atoms with van der Waals surface area (Å²) in [4.78, 5) is 16.1. The largest absolute Gasteiger partial charge is 0.506 e. The zero-order valence-corrected chi connectivity index (χ0v) is 14.5. The second-order valence-corrected chi connectivity index (χ2v) is 5.90. The number of hydrogen-bond donors (Lipinski definition) is 2. The lowest BCUT2D eigenvalue weighted by Crippen LogP contribution is -2.24. The molecule has 2 heterocycles. The summed E-state index contributed by atoms with van der Waals surface area (Å²) in [5, 5.41) is 16.0. The van der Waals surface area contributed by atoms with Gasteiger partial charge in [0.05, 0.1) is 18.4 Å². The molecule has 0 aliphatic rings. The second-order valence-electron chi connectivity index (χ2n) is 5.90. The molecule has 2 N–H and O–H groups in total. The van der Waals surface area contributed by atoms with Crippen molar-refractivity contribution in [1.82, 2.24) is 15.5 Å². The Morgan fingerprint density at radius 2 is 2.12 bits per heavy atom. The minimum atomic E-state index is -0.531. The number of amides is 1. The van der Waals surface area contributed by atoms with Crippen LogP contribution < -0.4 is 5.32 Å². The highest BCUT2D eigenvalue weighted by molar-refractivity contribution is 5.68. The van der Waals surface area contributed by atoms with Gasteiger partial charge in [-0.3, -0.25) is 0 Å². The van der Waals surface area contributed by atoms with Crippen LogP contribution in [0.4, 0.5) is 4.79 Å². The highest BCUT2D eigenvalue weighted by Gasteiger charge is 2.17. The average Bonchev–Trinajstić information content (AvgIpc) is 2.99. The third kappa shape index (κ3) is 4.18. The van der Waals surface area contributed by atoms with E-state index in [1.807, 2.05) is 31.2 Å². The number of pyridine rings is 1. The van der Waals surface area contributed by atoms with E-state index in [1.165, 1.54) is 12.3 Å². The van der Waals surface area contributed by atoms with Crippen molar-refractivity contribution >= 4 is 6.09 Å². The number of ether oxygens (including phenoxy) is 1. The van der Waals surface area contributed by atoms with E-state index in [0.717, 1.165) is 11.1 Å². The van der Waals surface area contributed by atoms with E-state index in [1.54, 1.807) is 13.0 Å². The number of carbonyl (C=O) groups is 1. The Morgan fingerprint density at radius 3 is 2.85 bits per heavy atom. The second kappa shape index (κ2) is 7.69. The maximum Gasteiger partial charge on any atom is 0.407 e. The number of benzene rings is 1. The lowest BCUT2D eigenvalue weighted by atomic mass is 10.1. The van der Waals surface area contributed by atoms with Crippen LogP contribution in [0.25, 0.3) is 11.5 Å². The van der Waals surface area contributed by atoms with Crippen molar-refractivity contribution in [2.75, 3.05) is 0 Å². The summed E-state index contributed by atoms with van der Waals surface area (Å²) in [6.07, 6.45) is 0.789. The van der Waals surface area contributed by atoms with Crippen LogP contribution in [0.15, 0.2) is 47.1 Å². The van der Waals surface area contributed by atoms with E-state index >= 15 is 0 Å². The van der Waals surface area contributed by atoms with Gasteiger partial charge in [0.15, 0.2) is 5.76 Å². The van der Waals surface area contributed by atoms with Crippen LogP contribution in [0.1, 0.15) is 22.4 Å². The molecule has 0 saturated carbocycles. The molecule has 134 valence electrons. The minimum Gasteiger partial charge on any atom is -0.506 e.